The van der Waals surface area contributed by atoms with Crippen molar-refractivity contribution in [2.75, 3.05) is 13.2 Å². The van der Waals surface area contributed by atoms with E-state index in [9.17, 15) is 14.4 Å². The molecule has 0 spiro atoms. The first kappa shape index (κ1) is 55.9. The Kier molecular flexibility index (Phi) is 45.8. The summed E-state index contributed by atoms with van der Waals surface area (Å²) in [6.45, 7) is 6.62. The topological polar surface area (TPSA) is 78.9 Å². The van der Waals surface area contributed by atoms with Crippen LogP contribution in [-0.4, -0.2) is 37.2 Å². The smallest absolute Gasteiger partial charge is 0.306 e. The van der Waals surface area contributed by atoms with E-state index in [0.29, 0.717) is 19.3 Å². The maximum atomic E-state index is 12.8. The highest BCUT2D eigenvalue weighted by molar-refractivity contribution is 5.71. The van der Waals surface area contributed by atoms with Gasteiger partial charge in [0.2, 0.25) is 0 Å². The van der Waals surface area contributed by atoms with Crippen LogP contribution in [-0.2, 0) is 28.6 Å². The maximum Gasteiger partial charge on any atom is 0.306 e. The fourth-order valence-electron chi connectivity index (χ4n) is 7.31. The number of carbonyl (C=O) groups excluding carboxylic acids is 3. The van der Waals surface area contributed by atoms with Crippen LogP contribution in [0.25, 0.3) is 0 Å². The van der Waals surface area contributed by atoms with Crippen LogP contribution in [0.1, 0.15) is 271 Å². The number of esters is 3. The van der Waals surface area contributed by atoms with Crippen molar-refractivity contribution in [2.45, 2.75) is 277 Å². The van der Waals surface area contributed by atoms with Gasteiger partial charge in [-0.25, -0.2) is 0 Å². The number of allylic oxidation sites excluding steroid dienone is 4. The first-order chi connectivity index (χ1) is 28.5. The molecule has 0 aromatic carbocycles. The van der Waals surface area contributed by atoms with Crippen molar-refractivity contribution < 1.29 is 28.6 Å². The van der Waals surface area contributed by atoms with Crippen LogP contribution in [0.2, 0.25) is 0 Å². The monoisotopic (exact) mass is 817 g/mol. The number of hydrogen-bond acceptors (Lipinski definition) is 6. The number of carbonyl (C=O) groups is 3. The Hall–Kier alpha value is -2.11. The van der Waals surface area contributed by atoms with E-state index in [1.54, 1.807) is 0 Å². The van der Waals surface area contributed by atoms with E-state index in [2.05, 4.69) is 45.1 Å². The molecule has 0 aliphatic heterocycles. The molecule has 0 saturated carbocycles. The van der Waals surface area contributed by atoms with Crippen LogP contribution < -0.4 is 0 Å². The molecule has 58 heavy (non-hydrogen) atoms. The summed E-state index contributed by atoms with van der Waals surface area (Å²) in [6.07, 6.45) is 53.0. The summed E-state index contributed by atoms with van der Waals surface area (Å²) in [6, 6.07) is 0. The van der Waals surface area contributed by atoms with Gasteiger partial charge in [-0.1, -0.05) is 206 Å². The number of hydrogen-bond donors (Lipinski definition) is 0. The lowest BCUT2D eigenvalue weighted by Gasteiger charge is -2.18. The van der Waals surface area contributed by atoms with E-state index in [1.807, 2.05) is 0 Å². The molecule has 0 saturated heterocycles. The highest BCUT2D eigenvalue weighted by atomic mass is 16.6. The quantitative estimate of drug-likeness (QED) is 0.0263. The van der Waals surface area contributed by atoms with E-state index >= 15 is 0 Å². The molecule has 0 radical (unpaired) electrons. The highest BCUT2D eigenvalue weighted by Gasteiger charge is 2.19. The molecule has 0 aromatic rings. The minimum absolute atomic E-state index is 0.0738. The van der Waals surface area contributed by atoms with Gasteiger partial charge < -0.3 is 14.2 Å². The Morgan fingerprint density at radius 1 is 0.328 bits per heavy atom. The van der Waals surface area contributed by atoms with Crippen LogP contribution in [0.15, 0.2) is 24.3 Å². The lowest BCUT2D eigenvalue weighted by Crippen LogP contribution is -2.30. The summed E-state index contributed by atoms with van der Waals surface area (Å²) >= 11 is 0. The summed E-state index contributed by atoms with van der Waals surface area (Å²) in [7, 11) is 0. The van der Waals surface area contributed by atoms with Crippen LogP contribution in [0.3, 0.4) is 0 Å². The van der Waals surface area contributed by atoms with Crippen LogP contribution in [0, 0.1) is 0 Å². The predicted octanol–water partition coefficient (Wildman–Crippen LogP) is 16.4. The molecule has 0 bridgehead atoms. The Labute approximate surface area is 360 Å². The summed E-state index contributed by atoms with van der Waals surface area (Å²) in [5.41, 5.74) is 0. The normalized spacial score (nSPS) is 12.1. The summed E-state index contributed by atoms with van der Waals surface area (Å²) in [5.74, 6) is -0.881. The van der Waals surface area contributed by atoms with Crippen molar-refractivity contribution in [3.63, 3.8) is 0 Å². The van der Waals surface area contributed by atoms with Crippen LogP contribution in [0.4, 0.5) is 0 Å². The van der Waals surface area contributed by atoms with Crippen molar-refractivity contribution in [1.29, 1.82) is 0 Å². The average molecular weight is 817 g/mol. The van der Waals surface area contributed by atoms with Gasteiger partial charge in [0.05, 0.1) is 0 Å². The van der Waals surface area contributed by atoms with Crippen molar-refractivity contribution in [1.82, 2.24) is 0 Å². The van der Waals surface area contributed by atoms with E-state index < -0.39 is 6.10 Å². The standard InChI is InChI=1S/C52H96O6/c1-4-7-10-13-16-19-22-25-26-28-30-33-36-39-42-45-51(54)57-48-49(47-56-50(53)44-41-38-35-32-29-24-21-18-15-12-9-6-3)58-52(55)46-43-40-37-34-31-27-23-20-17-14-11-8-5-2/h20,23,25-26,49H,4-19,21-22,24,27-48H2,1-3H3/b23-20-,26-25-/t49-/m1/s1. The van der Waals surface area contributed by atoms with E-state index in [-0.39, 0.29) is 31.1 Å². The molecule has 0 aliphatic rings. The summed E-state index contributed by atoms with van der Waals surface area (Å²) in [4.78, 5) is 37.9. The molecule has 0 N–H and O–H groups in total. The molecule has 0 heterocycles. The van der Waals surface area contributed by atoms with Gasteiger partial charge >= 0.3 is 17.9 Å². The van der Waals surface area contributed by atoms with Crippen molar-refractivity contribution in [2.24, 2.45) is 0 Å². The second-order valence-electron chi connectivity index (χ2n) is 17.1. The largest absolute Gasteiger partial charge is 0.462 e. The maximum absolute atomic E-state index is 12.8. The van der Waals surface area contributed by atoms with E-state index in [1.165, 1.54) is 161 Å². The summed E-state index contributed by atoms with van der Waals surface area (Å²) in [5, 5.41) is 0. The third-order valence-corrected chi connectivity index (χ3v) is 11.2. The fourth-order valence-corrected chi connectivity index (χ4v) is 7.31. The number of rotatable bonds is 46. The molecular formula is C52H96O6. The Morgan fingerprint density at radius 3 is 0.879 bits per heavy atom. The molecular weight excluding hydrogens is 721 g/mol. The minimum Gasteiger partial charge on any atom is -0.462 e. The summed E-state index contributed by atoms with van der Waals surface area (Å²) < 4.78 is 16.8. The Bertz CT molecular complexity index is 942. The van der Waals surface area contributed by atoms with Crippen molar-refractivity contribution in [3.05, 3.63) is 24.3 Å². The van der Waals surface area contributed by atoms with Gasteiger partial charge in [0.25, 0.3) is 0 Å². The van der Waals surface area contributed by atoms with Gasteiger partial charge in [0.15, 0.2) is 6.10 Å². The zero-order valence-corrected chi connectivity index (χ0v) is 38.8. The second kappa shape index (κ2) is 47.6. The molecule has 0 unspecified atom stereocenters. The van der Waals surface area contributed by atoms with Gasteiger partial charge in [0.1, 0.15) is 13.2 Å². The first-order valence-corrected chi connectivity index (χ1v) is 25.3. The zero-order chi connectivity index (χ0) is 42.3. The molecule has 0 amide bonds. The second-order valence-corrected chi connectivity index (χ2v) is 17.1. The van der Waals surface area contributed by atoms with Crippen LogP contribution >= 0.6 is 0 Å². The zero-order valence-electron chi connectivity index (χ0n) is 38.8. The Morgan fingerprint density at radius 2 is 0.569 bits per heavy atom. The van der Waals surface area contributed by atoms with Crippen molar-refractivity contribution >= 4 is 17.9 Å². The average Bonchev–Trinajstić information content (AvgIpc) is 3.22. The van der Waals surface area contributed by atoms with Crippen LogP contribution in [0.5, 0.6) is 0 Å². The number of ether oxygens (including phenoxy) is 3. The fraction of sp³-hybridized carbons (Fsp3) is 0.865. The van der Waals surface area contributed by atoms with Crippen molar-refractivity contribution in [3.8, 4) is 0 Å². The molecule has 340 valence electrons. The molecule has 6 heteroatoms. The van der Waals surface area contributed by atoms with E-state index in [0.717, 1.165) is 70.6 Å². The van der Waals surface area contributed by atoms with Gasteiger partial charge in [-0.05, 0) is 70.6 Å². The third-order valence-electron chi connectivity index (χ3n) is 11.2. The van der Waals surface area contributed by atoms with Gasteiger partial charge in [-0.15, -0.1) is 0 Å². The molecule has 1 atom stereocenters. The predicted molar refractivity (Wildman–Crippen MR) is 247 cm³/mol. The number of unbranched alkanes of at least 4 members (excludes halogenated alkanes) is 31. The molecule has 0 fully saturated rings. The first-order valence-electron chi connectivity index (χ1n) is 25.3. The molecule has 0 aromatic heterocycles. The highest BCUT2D eigenvalue weighted by Crippen LogP contribution is 2.15. The Balaban J connectivity index is 4.36. The SMILES string of the molecule is CCCCCC/C=C\CCCCCCCC(=O)O[C@@H](COC(=O)CCCCCCC/C=C\CCCCCCCC)COC(=O)CCCCCCCCCCCCCC. The van der Waals surface area contributed by atoms with Gasteiger partial charge in [0, 0.05) is 19.3 Å². The molecule has 6 nitrogen and oxygen atoms in total. The lowest BCUT2D eigenvalue weighted by atomic mass is 10.0. The van der Waals surface area contributed by atoms with Gasteiger partial charge in [-0.3, -0.25) is 14.4 Å². The minimum atomic E-state index is -0.773. The lowest BCUT2D eigenvalue weighted by molar-refractivity contribution is -0.167. The van der Waals surface area contributed by atoms with E-state index in [4.69, 9.17) is 14.2 Å². The third kappa shape index (κ3) is 45.0. The molecule has 0 aliphatic carbocycles. The van der Waals surface area contributed by atoms with Gasteiger partial charge in [-0.2, -0.15) is 0 Å². The molecule has 0 rings (SSSR count).